The first-order valence-corrected chi connectivity index (χ1v) is 6.13. The highest BCUT2D eigenvalue weighted by Gasteiger charge is 2.02. The summed E-state index contributed by atoms with van der Waals surface area (Å²) in [6.45, 7) is 2.81. The van der Waals surface area contributed by atoms with Gasteiger partial charge < -0.3 is 10.3 Å². The van der Waals surface area contributed by atoms with Crippen molar-refractivity contribution in [3.8, 4) is 5.69 Å². The van der Waals surface area contributed by atoms with Crippen LogP contribution in [-0.4, -0.2) is 11.1 Å². The van der Waals surface area contributed by atoms with Crippen molar-refractivity contribution in [1.82, 2.24) is 4.57 Å². The number of aryl methyl sites for hydroxylation is 1. The fourth-order valence-corrected chi connectivity index (χ4v) is 2.29. The molecule has 2 aromatic rings. The van der Waals surface area contributed by atoms with E-state index in [0.29, 0.717) is 6.54 Å². The molecule has 2 nitrogen and oxygen atoms in total. The van der Waals surface area contributed by atoms with Gasteiger partial charge in [-0.1, -0.05) is 15.9 Å². The van der Waals surface area contributed by atoms with Crippen molar-refractivity contribution in [1.29, 1.82) is 0 Å². The lowest BCUT2D eigenvalue weighted by atomic mass is 10.2. The van der Waals surface area contributed by atoms with Gasteiger partial charge in [-0.25, -0.2) is 0 Å². The fourth-order valence-electron chi connectivity index (χ4n) is 1.81. The molecule has 1 aromatic carbocycles. The summed E-state index contributed by atoms with van der Waals surface area (Å²) in [5, 5.41) is 0. The number of halogens is 1. The minimum atomic E-state index is 0.698. The van der Waals surface area contributed by atoms with Crippen molar-refractivity contribution in [2.75, 3.05) is 6.54 Å². The Bertz CT molecular complexity index is 488. The minimum absolute atomic E-state index is 0.698. The van der Waals surface area contributed by atoms with Crippen LogP contribution in [0.2, 0.25) is 0 Å². The van der Waals surface area contributed by atoms with E-state index in [-0.39, 0.29) is 0 Å². The molecule has 2 N–H and O–H groups in total. The summed E-state index contributed by atoms with van der Waals surface area (Å²) >= 11 is 3.47. The zero-order valence-electron chi connectivity index (χ0n) is 9.28. The van der Waals surface area contributed by atoms with Crippen LogP contribution in [0.3, 0.4) is 0 Å². The predicted molar refractivity (Wildman–Crippen MR) is 71.0 cm³/mol. The van der Waals surface area contributed by atoms with Crippen LogP contribution in [-0.2, 0) is 6.42 Å². The molecular weight excluding hydrogens is 264 g/mol. The molecule has 84 valence electrons. The van der Waals surface area contributed by atoms with Crippen molar-refractivity contribution in [3.63, 3.8) is 0 Å². The Morgan fingerprint density at radius 3 is 2.81 bits per heavy atom. The van der Waals surface area contributed by atoms with Crippen LogP contribution in [0.5, 0.6) is 0 Å². The van der Waals surface area contributed by atoms with E-state index in [9.17, 15) is 0 Å². The summed E-state index contributed by atoms with van der Waals surface area (Å²) in [7, 11) is 0. The predicted octanol–water partition coefficient (Wildman–Crippen LogP) is 3.05. The lowest BCUT2D eigenvalue weighted by Gasteiger charge is -2.07. The van der Waals surface area contributed by atoms with Gasteiger partial charge in [0.15, 0.2) is 0 Å². The molecule has 3 heteroatoms. The summed E-state index contributed by atoms with van der Waals surface area (Å²) in [5.41, 5.74) is 9.29. The van der Waals surface area contributed by atoms with Crippen LogP contribution >= 0.6 is 15.9 Å². The second-order valence-electron chi connectivity index (χ2n) is 3.90. The molecule has 0 fully saturated rings. The molecule has 0 aliphatic rings. The number of nitrogens with zero attached hydrogens (tertiary/aromatic N) is 1. The van der Waals surface area contributed by atoms with E-state index in [1.807, 2.05) is 0 Å². The third-order valence-electron chi connectivity index (χ3n) is 2.62. The molecule has 16 heavy (non-hydrogen) atoms. The summed E-state index contributed by atoms with van der Waals surface area (Å²) < 4.78 is 3.26. The van der Waals surface area contributed by atoms with Crippen molar-refractivity contribution in [3.05, 3.63) is 52.3 Å². The van der Waals surface area contributed by atoms with Crippen LogP contribution in [0, 0.1) is 6.92 Å². The number of nitrogens with two attached hydrogens (primary N) is 1. The second-order valence-corrected chi connectivity index (χ2v) is 4.81. The Balaban J connectivity index is 2.35. The summed E-state index contributed by atoms with van der Waals surface area (Å²) in [6.07, 6.45) is 5.16. The van der Waals surface area contributed by atoms with Gasteiger partial charge in [-0.05, 0) is 55.3 Å². The zero-order chi connectivity index (χ0) is 11.5. The fraction of sp³-hybridized carbons (Fsp3) is 0.231. The molecule has 1 heterocycles. The average molecular weight is 279 g/mol. The van der Waals surface area contributed by atoms with E-state index >= 15 is 0 Å². The number of hydrogen-bond acceptors (Lipinski definition) is 1. The Kier molecular flexibility index (Phi) is 3.46. The van der Waals surface area contributed by atoms with Gasteiger partial charge in [-0.3, -0.25) is 0 Å². The molecule has 0 aliphatic carbocycles. The first-order valence-electron chi connectivity index (χ1n) is 5.34. The third kappa shape index (κ3) is 2.36. The van der Waals surface area contributed by atoms with Crippen molar-refractivity contribution >= 4 is 15.9 Å². The Morgan fingerprint density at radius 2 is 2.12 bits per heavy atom. The first kappa shape index (κ1) is 11.4. The monoisotopic (exact) mass is 278 g/mol. The highest BCUT2D eigenvalue weighted by Crippen LogP contribution is 2.20. The lowest BCUT2D eigenvalue weighted by Crippen LogP contribution is -2.01. The summed E-state index contributed by atoms with van der Waals surface area (Å²) in [5.74, 6) is 0. The minimum Gasteiger partial charge on any atom is -0.330 e. The van der Waals surface area contributed by atoms with Gasteiger partial charge in [0.1, 0.15) is 0 Å². The van der Waals surface area contributed by atoms with Gasteiger partial charge in [0, 0.05) is 22.6 Å². The number of benzene rings is 1. The molecule has 0 saturated carbocycles. The van der Waals surface area contributed by atoms with Gasteiger partial charge in [-0.2, -0.15) is 0 Å². The first-order chi connectivity index (χ1) is 7.70. The second kappa shape index (κ2) is 4.85. The van der Waals surface area contributed by atoms with Gasteiger partial charge in [0.05, 0.1) is 0 Å². The maximum Gasteiger partial charge on any atom is 0.0479 e. The summed E-state index contributed by atoms with van der Waals surface area (Å²) in [6, 6.07) is 8.42. The maximum absolute atomic E-state index is 5.54. The van der Waals surface area contributed by atoms with Gasteiger partial charge in [-0.15, -0.1) is 0 Å². The molecule has 0 atom stereocenters. The highest BCUT2D eigenvalue weighted by atomic mass is 79.9. The summed E-state index contributed by atoms with van der Waals surface area (Å²) in [4.78, 5) is 0. The Labute approximate surface area is 104 Å². The average Bonchev–Trinajstić information content (AvgIpc) is 2.67. The molecule has 0 saturated heterocycles. The SMILES string of the molecule is Cc1cc(Br)ccc1-n1ccc(CCN)c1. The van der Waals surface area contributed by atoms with Crippen LogP contribution in [0.1, 0.15) is 11.1 Å². The molecule has 0 radical (unpaired) electrons. The third-order valence-corrected chi connectivity index (χ3v) is 3.12. The molecule has 0 spiro atoms. The van der Waals surface area contributed by atoms with Crippen molar-refractivity contribution in [2.24, 2.45) is 5.73 Å². The number of rotatable bonds is 3. The topological polar surface area (TPSA) is 30.9 Å². The Morgan fingerprint density at radius 1 is 1.31 bits per heavy atom. The molecule has 1 aromatic heterocycles. The molecule has 0 amide bonds. The largest absolute Gasteiger partial charge is 0.330 e. The van der Waals surface area contributed by atoms with E-state index in [0.717, 1.165) is 10.9 Å². The molecule has 2 rings (SSSR count). The van der Waals surface area contributed by atoms with E-state index < -0.39 is 0 Å². The molecule has 0 bridgehead atoms. The molecule has 0 aliphatic heterocycles. The van der Waals surface area contributed by atoms with Crippen LogP contribution < -0.4 is 5.73 Å². The van der Waals surface area contributed by atoms with Crippen LogP contribution in [0.4, 0.5) is 0 Å². The van der Waals surface area contributed by atoms with Crippen molar-refractivity contribution < 1.29 is 0 Å². The van der Waals surface area contributed by atoms with Crippen LogP contribution in [0.15, 0.2) is 41.1 Å². The zero-order valence-corrected chi connectivity index (χ0v) is 10.9. The van der Waals surface area contributed by atoms with Gasteiger partial charge >= 0.3 is 0 Å². The smallest absolute Gasteiger partial charge is 0.0479 e. The molecule has 0 unspecified atom stereocenters. The van der Waals surface area contributed by atoms with E-state index in [1.54, 1.807) is 0 Å². The maximum atomic E-state index is 5.54. The van der Waals surface area contributed by atoms with E-state index in [1.165, 1.54) is 16.8 Å². The highest BCUT2D eigenvalue weighted by molar-refractivity contribution is 9.10. The van der Waals surface area contributed by atoms with E-state index in [2.05, 4.69) is 64.1 Å². The Hall–Kier alpha value is -1.06. The standard InChI is InChI=1S/C13H15BrN2/c1-10-8-12(14)2-3-13(10)16-7-5-11(9-16)4-6-15/h2-3,5,7-9H,4,6,15H2,1H3. The van der Waals surface area contributed by atoms with Crippen molar-refractivity contribution in [2.45, 2.75) is 13.3 Å². The van der Waals surface area contributed by atoms with Gasteiger partial charge in [0.25, 0.3) is 0 Å². The van der Waals surface area contributed by atoms with E-state index in [4.69, 9.17) is 5.73 Å². The van der Waals surface area contributed by atoms with Crippen LogP contribution in [0.25, 0.3) is 5.69 Å². The number of hydrogen-bond donors (Lipinski definition) is 1. The van der Waals surface area contributed by atoms with Gasteiger partial charge in [0.2, 0.25) is 0 Å². The number of aromatic nitrogens is 1. The quantitative estimate of drug-likeness (QED) is 0.919. The lowest BCUT2D eigenvalue weighted by molar-refractivity contribution is 0.960. The normalized spacial score (nSPS) is 10.7. The molecular formula is C13H15BrN2.